The van der Waals surface area contributed by atoms with Gasteiger partial charge in [0.25, 0.3) is 5.88 Å². The Morgan fingerprint density at radius 3 is 2.21 bits per heavy atom. The van der Waals surface area contributed by atoms with Gasteiger partial charge in [-0.25, -0.2) is 4.98 Å². The number of rotatable bonds is 6. The monoisotopic (exact) mass is 378 g/mol. The van der Waals surface area contributed by atoms with E-state index in [0.717, 1.165) is 5.56 Å². The second-order valence-corrected chi connectivity index (χ2v) is 7.39. The molecule has 3 rings (SSSR count). The summed E-state index contributed by atoms with van der Waals surface area (Å²) in [5, 5.41) is 11.0. The Morgan fingerprint density at radius 1 is 0.964 bits per heavy atom. The first-order valence-corrected chi connectivity index (χ1v) is 8.92. The lowest BCUT2D eigenvalue weighted by atomic mass is 9.87. The zero-order chi connectivity index (χ0) is 20.1. The Hall–Kier alpha value is -3.41. The Kier molecular flexibility index (Phi) is 5.59. The molecule has 0 amide bonds. The first-order valence-electron chi connectivity index (χ1n) is 8.92. The fourth-order valence-corrected chi connectivity index (χ4v) is 2.58. The summed E-state index contributed by atoms with van der Waals surface area (Å²) in [5.41, 5.74) is 2.30. The van der Waals surface area contributed by atoms with Gasteiger partial charge in [0.15, 0.2) is 0 Å². The summed E-state index contributed by atoms with van der Waals surface area (Å²) in [6, 6.07) is 18.1. The summed E-state index contributed by atoms with van der Waals surface area (Å²) in [6.07, 6.45) is 1.45. The maximum Gasteiger partial charge on any atom is 0.331 e. The molecule has 0 aliphatic carbocycles. The Bertz CT molecular complexity index is 946. The van der Waals surface area contributed by atoms with Crippen LogP contribution in [0.1, 0.15) is 31.9 Å². The van der Waals surface area contributed by atoms with Crippen LogP contribution >= 0.6 is 0 Å². The minimum Gasteiger partial charge on any atom is -0.489 e. The number of nitrogens with zero attached hydrogens (tertiary/aromatic N) is 2. The molecule has 0 fully saturated rings. The Labute approximate surface area is 163 Å². The van der Waals surface area contributed by atoms with Gasteiger partial charge in [-0.3, -0.25) is 10.1 Å². The smallest absolute Gasteiger partial charge is 0.331 e. The Balaban J connectivity index is 1.61. The van der Waals surface area contributed by atoms with Crippen LogP contribution in [0.5, 0.6) is 17.4 Å². The number of aromatic nitrogens is 1. The molecule has 6 nitrogen and oxygen atoms in total. The van der Waals surface area contributed by atoms with Crippen molar-refractivity contribution < 1.29 is 14.4 Å². The molecule has 28 heavy (non-hydrogen) atoms. The predicted octanol–water partition coefficient (Wildman–Crippen LogP) is 5.66. The molecular weight excluding hydrogens is 356 g/mol. The highest BCUT2D eigenvalue weighted by molar-refractivity contribution is 5.43. The molecule has 0 N–H and O–H groups in total. The molecule has 0 saturated carbocycles. The van der Waals surface area contributed by atoms with Crippen molar-refractivity contribution in [3.8, 4) is 17.4 Å². The average molecular weight is 378 g/mol. The van der Waals surface area contributed by atoms with Crippen LogP contribution in [0, 0.1) is 10.1 Å². The van der Waals surface area contributed by atoms with Crippen molar-refractivity contribution >= 4 is 5.69 Å². The minimum absolute atomic E-state index is 0.0416. The quantitative estimate of drug-likeness (QED) is 0.409. The van der Waals surface area contributed by atoms with Crippen molar-refractivity contribution in [3.63, 3.8) is 0 Å². The molecule has 0 aliphatic heterocycles. The zero-order valence-corrected chi connectivity index (χ0v) is 16.1. The van der Waals surface area contributed by atoms with Crippen molar-refractivity contribution in [1.82, 2.24) is 4.98 Å². The molecule has 0 radical (unpaired) electrons. The molecule has 6 heteroatoms. The summed E-state index contributed by atoms with van der Waals surface area (Å²) in [6.45, 7) is 7.00. The van der Waals surface area contributed by atoms with E-state index in [1.54, 1.807) is 24.3 Å². The standard InChI is InChI=1S/C22H22N2O4/c1-22(2,3)17-8-6-16(7-9-17)15-27-18-10-12-19(13-11-18)28-21-20(24(25)26)5-4-14-23-21/h4-14H,15H2,1-3H3. The SMILES string of the molecule is CC(C)(C)c1ccc(COc2ccc(Oc3ncccc3[N+](=O)[O-])cc2)cc1. The highest BCUT2D eigenvalue weighted by Crippen LogP contribution is 2.29. The van der Waals surface area contributed by atoms with E-state index < -0.39 is 4.92 Å². The molecular formula is C22H22N2O4. The molecule has 1 aromatic heterocycles. The van der Waals surface area contributed by atoms with Crippen molar-refractivity contribution in [2.75, 3.05) is 0 Å². The summed E-state index contributed by atoms with van der Waals surface area (Å²) in [5.74, 6) is 1.09. The summed E-state index contributed by atoms with van der Waals surface area (Å²) >= 11 is 0. The van der Waals surface area contributed by atoms with Gasteiger partial charge in [-0.15, -0.1) is 0 Å². The topological polar surface area (TPSA) is 74.5 Å². The van der Waals surface area contributed by atoms with Crippen LogP contribution in [-0.2, 0) is 12.0 Å². The van der Waals surface area contributed by atoms with E-state index in [-0.39, 0.29) is 17.0 Å². The number of hydrogen-bond donors (Lipinski definition) is 0. The van der Waals surface area contributed by atoms with Gasteiger partial charge in [-0.05, 0) is 46.9 Å². The molecule has 0 aliphatic rings. The van der Waals surface area contributed by atoms with Gasteiger partial charge in [-0.1, -0.05) is 45.0 Å². The lowest BCUT2D eigenvalue weighted by Crippen LogP contribution is -2.10. The lowest BCUT2D eigenvalue weighted by molar-refractivity contribution is -0.386. The first-order chi connectivity index (χ1) is 13.3. The van der Waals surface area contributed by atoms with Crippen LogP contribution < -0.4 is 9.47 Å². The second kappa shape index (κ2) is 8.08. The first kappa shape index (κ1) is 19.4. The number of pyridine rings is 1. The summed E-state index contributed by atoms with van der Waals surface area (Å²) in [7, 11) is 0. The molecule has 144 valence electrons. The highest BCUT2D eigenvalue weighted by Gasteiger charge is 2.16. The van der Waals surface area contributed by atoms with E-state index in [4.69, 9.17) is 9.47 Å². The minimum atomic E-state index is -0.523. The summed E-state index contributed by atoms with van der Waals surface area (Å²) < 4.78 is 11.3. The van der Waals surface area contributed by atoms with Crippen molar-refractivity contribution in [2.45, 2.75) is 32.8 Å². The van der Waals surface area contributed by atoms with E-state index in [2.05, 4.69) is 50.0 Å². The third kappa shape index (κ3) is 4.85. The molecule has 0 unspecified atom stereocenters. The van der Waals surface area contributed by atoms with Crippen LogP contribution in [0.4, 0.5) is 5.69 Å². The van der Waals surface area contributed by atoms with Crippen LogP contribution in [-0.4, -0.2) is 9.91 Å². The molecule has 1 heterocycles. The van der Waals surface area contributed by atoms with Crippen LogP contribution in [0.2, 0.25) is 0 Å². The van der Waals surface area contributed by atoms with E-state index in [1.165, 1.54) is 23.9 Å². The maximum absolute atomic E-state index is 11.0. The summed E-state index contributed by atoms with van der Waals surface area (Å²) in [4.78, 5) is 14.4. The highest BCUT2D eigenvalue weighted by atomic mass is 16.6. The molecule has 0 atom stereocenters. The Morgan fingerprint density at radius 2 is 1.61 bits per heavy atom. The number of nitro groups is 1. The van der Waals surface area contributed by atoms with Gasteiger partial charge < -0.3 is 9.47 Å². The van der Waals surface area contributed by atoms with E-state index in [9.17, 15) is 10.1 Å². The molecule has 2 aromatic carbocycles. The molecule has 0 saturated heterocycles. The second-order valence-electron chi connectivity index (χ2n) is 7.39. The fraction of sp³-hybridized carbons (Fsp3) is 0.227. The van der Waals surface area contributed by atoms with E-state index in [0.29, 0.717) is 18.1 Å². The number of ether oxygens (including phenoxy) is 2. The van der Waals surface area contributed by atoms with Gasteiger partial charge in [0.2, 0.25) is 0 Å². The largest absolute Gasteiger partial charge is 0.489 e. The normalized spacial score (nSPS) is 11.1. The zero-order valence-electron chi connectivity index (χ0n) is 16.1. The van der Waals surface area contributed by atoms with Gasteiger partial charge in [0.1, 0.15) is 18.1 Å². The van der Waals surface area contributed by atoms with Crippen molar-refractivity contribution in [3.05, 3.63) is 88.1 Å². The average Bonchev–Trinajstić information content (AvgIpc) is 2.67. The number of benzene rings is 2. The van der Waals surface area contributed by atoms with Gasteiger partial charge in [0.05, 0.1) is 4.92 Å². The molecule has 0 bridgehead atoms. The van der Waals surface area contributed by atoms with E-state index in [1.807, 2.05) is 0 Å². The van der Waals surface area contributed by atoms with Gasteiger partial charge in [0, 0.05) is 12.3 Å². The maximum atomic E-state index is 11.0. The third-order valence-corrected chi connectivity index (χ3v) is 4.21. The number of hydrogen-bond acceptors (Lipinski definition) is 5. The van der Waals surface area contributed by atoms with Gasteiger partial charge >= 0.3 is 5.69 Å². The molecule has 0 spiro atoms. The van der Waals surface area contributed by atoms with Crippen molar-refractivity contribution in [1.29, 1.82) is 0 Å². The van der Waals surface area contributed by atoms with Crippen molar-refractivity contribution in [2.24, 2.45) is 0 Å². The third-order valence-electron chi connectivity index (χ3n) is 4.21. The van der Waals surface area contributed by atoms with E-state index >= 15 is 0 Å². The van der Waals surface area contributed by atoms with Crippen LogP contribution in [0.15, 0.2) is 66.9 Å². The fourth-order valence-electron chi connectivity index (χ4n) is 2.58. The molecule has 3 aromatic rings. The van der Waals surface area contributed by atoms with Crippen LogP contribution in [0.3, 0.4) is 0 Å². The van der Waals surface area contributed by atoms with Gasteiger partial charge in [-0.2, -0.15) is 0 Å². The predicted molar refractivity (Wildman–Crippen MR) is 107 cm³/mol. The van der Waals surface area contributed by atoms with Crippen LogP contribution in [0.25, 0.3) is 0 Å². The lowest BCUT2D eigenvalue weighted by Gasteiger charge is -2.19.